The van der Waals surface area contributed by atoms with Crippen LogP contribution in [0.4, 0.5) is 11.5 Å². The molecule has 0 radical (unpaired) electrons. The number of hydrogen-bond acceptors (Lipinski definition) is 14. The summed E-state index contributed by atoms with van der Waals surface area (Å²) >= 11 is 0. The van der Waals surface area contributed by atoms with Crippen molar-refractivity contribution in [2.75, 3.05) is 52.0 Å². The highest BCUT2D eigenvalue weighted by Gasteiger charge is 2.43. The molecule has 66 heavy (non-hydrogen) atoms. The second-order valence-corrected chi connectivity index (χ2v) is 18.1. The monoisotopic (exact) mass is 927 g/mol. The largest absolute Gasteiger partial charge is 0.529 e. The van der Waals surface area contributed by atoms with Crippen LogP contribution in [0.15, 0.2) is 71.7 Å². The molecule has 0 bridgehead atoms. The number of carboxylic acids is 1. The first-order chi connectivity index (χ1) is 31.6. The fourth-order valence-corrected chi connectivity index (χ4v) is 9.10. The first-order valence-electron chi connectivity index (χ1n) is 21.9. The molecule has 1 saturated heterocycles. The van der Waals surface area contributed by atoms with E-state index in [-0.39, 0.29) is 35.7 Å². The molecule has 3 aliphatic rings. The number of benzene rings is 3. The van der Waals surface area contributed by atoms with E-state index in [9.17, 15) is 34.1 Å². The van der Waals surface area contributed by atoms with Gasteiger partial charge in [-0.15, -0.1) is 0 Å². The van der Waals surface area contributed by atoms with Crippen LogP contribution in [0.25, 0.3) is 44.6 Å². The van der Waals surface area contributed by atoms with E-state index in [1.165, 1.54) is 18.7 Å². The number of carbonyl (C=O) groups excluding carboxylic acids is 2. The molecule has 4 aromatic rings. The number of phosphoric ester groups is 1. The Hall–Kier alpha value is -6.24. The third-order valence-electron chi connectivity index (χ3n) is 11.6. The minimum atomic E-state index is -4.82. The summed E-state index contributed by atoms with van der Waals surface area (Å²) in [5.41, 5.74) is 10.3. The molecular formula is C46H56N8O11P+. The lowest BCUT2D eigenvalue weighted by Gasteiger charge is -2.19. The third kappa shape index (κ3) is 11.1. The number of carbonyl (C=O) groups is 3. The van der Waals surface area contributed by atoms with Gasteiger partial charge < -0.3 is 39.8 Å². The van der Waals surface area contributed by atoms with Crippen molar-refractivity contribution in [1.29, 1.82) is 0 Å². The smallest absolute Gasteiger partial charge is 0.478 e. The summed E-state index contributed by atoms with van der Waals surface area (Å²) in [4.78, 5) is 63.0. The van der Waals surface area contributed by atoms with E-state index < -0.39 is 44.8 Å². The fourth-order valence-electron chi connectivity index (χ4n) is 8.15. The zero-order chi connectivity index (χ0) is 47.1. The Balaban J connectivity index is 0.825. The van der Waals surface area contributed by atoms with Crippen molar-refractivity contribution in [3.63, 3.8) is 0 Å². The minimum absolute atomic E-state index is 0.00871. The molecule has 2 aromatic heterocycles. The van der Waals surface area contributed by atoms with Gasteiger partial charge in [0.15, 0.2) is 11.5 Å². The lowest BCUT2D eigenvalue weighted by molar-refractivity contribution is -0.136. The van der Waals surface area contributed by atoms with Gasteiger partial charge in [0.05, 0.1) is 24.6 Å². The van der Waals surface area contributed by atoms with E-state index in [1.807, 2.05) is 74.1 Å². The predicted octanol–water partition coefficient (Wildman–Crippen LogP) is 5.97. The predicted molar refractivity (Wildman–Crippen MR) is 247 cm³/mol. The normalized spacial score (nSPS) is 17.0. The Morgan fingerprint density at radius 2 is 1.68 bits per heavy atom. The summed E-state index contributed by atoms with van der Waals surface area (Å²) in [5.74, 6) is -1.59. The van der Waals surface area contributed by atoms with Gasteiger partial charge in [0, 0.05) is 73.4 Å². The van der Waals surface area contributed by atoms with Crippen LogP contribution in [0, 0.1) is 0 Å². The van der Waals surface area contributed by atoms with Gasteiger partial charge in [-0.25, -0.2) is 28.9 Å². The number of anilines is 2. The number of aliphatic hydroxyl groups excluding tert-OH is 1. The maximum atomic E-state index is 13.2. The molecule has 4 heterocycles. The number of nitrogen functional groups attached to an aromatic ring is 1. The van der Waals surface area contributed by atoms with Gasteiger partial charge in [-0.1, -0.05) is 44.6 Å². The van der Waals surface area contributed by atoms with Gasteiger partial charge >= 0.3 is 19.8 Å². The van der Waals surface area contributed by atoms with Crippen LogP contribution in [0.3, 0.4) is 0 Å². The van der Waals surface area contributed by atoms with Crippen molar-refractivity contribution < 1.29 is 52.3 Å². The number of carboxylic acid groups (broad SMARTS) is 1. The van der Waals surface area contributed by atoms with Crippen molar-refractivity contribution in [2.24, 2.45) is 0 Å². The number of aliphatic hydroxyl groups is 1. The number of rotatable bonds is 20. The number of unbranched alkanes of at least 4 members (excludes halogenated alkanes) is 7. The summed E-state index contributed by atoms with van der Waals surface area (Å²) in [6.45, 7) is -0.0772. The van der Waals surface area contributed by atoms with Crippen molar-refractivity contribution in [1.82, 2.24) is 29.4 Å². The summed E-state index contributed by atoms with van der Waals surface area (Å²) in [5, 5.41) is 24.9. The lowest BCUT2D eigenvalue weighted by Crippen LogP contribution is -2.27. The number of aromatic carboxylic acids is 1. The van der Waals surface area contributed by atoms with Gasteiger partial charge in [-0.2, -0.15) is 0 Å². The number of hydrogen-bond donors (Lipinski definition) is 5. The SMILES string of the molecule is CN(C)c1ccc2c(-c3ccc(C(=O)NCCCCCCCCCCC(=O)OP(=O)(O)OC4CC(n5cnc6c(N)ncnc65)OC4CO)cc3C(=O)O)c3ccc(=[N+](C)C)cc-3oc2c1. The molecule has 2 aromatic carbocycles. The Morgan fingerprint density at radius 3 is 2.39 bits per heavy atom. The number of nitrogens with zero attached hydrogens (tertiary/aromatic N) is 6. The topological polar surface area (TPSA) is 258 Å². The van der Waals surface area contributed by atoms with Crippen molar-refractivity contribution in [3.05, 3.63) is 83.7 Å². The highest BCUT2D eigenvalue weighted by atomic mass is 31.2. The standard InChI is InChI=1S/C46H55N8O11P/c1-52(2)29-15-18-32-35(22-29)62-36-23-30(53(3)4)16-19-33(36)41(32)31-17-14-28(21-34(31)46(58)59)45(57)48-20-12-10-8-6-5-7-9-11-13-40(56)65-66(60,61)64-37-24-39(63-38(37)25-55)54-27-51-42-43(47)49-26-50-44(42)54/h14-19,21-23,26-27,37-39,55H,5-13,20,24-25H2,1-4H3,(H4-,47,48,49,50,57,58,59,60,61)/p+1. The number of phosphoric acid groups is 1. The lowest BCUT2D eigenvalue weighted by atomic mass is 9.89. The van der Waals surface area contributed by atoms with Gasteiger partial charge in [0.25, 0.3) is 5.91 Å². The summed E-state index contributed by atoms with van der Waals surface area (Å²) in [6, 6.07) is 16.4. The molecule has 4 atom stereocenters. The zero-order valence-corrected chi connectivity index (χ0v) is 38.3. The fraction of sp³-hybridized carbons (Fsp3) is 0.413. The van der Waals surface area contributed by atoms with E-state index in [0.29, 0.717) is 46.6 Å². The molecular weight excluding hydrogens is 872 g/mol. The minimum Gasteiger partial charge on any atom is -0.478 e. The van der Waals surface area contributed by atoms with Crippen LogP contribution in [0.5, 0.6) is 0 Å². The van der Waals surface area contributed by atoms with Crippen LogP contribution in [-0.2, 0) is 23.1 Å². The second-order valence-electron chi connectivity index (χ2n) is 16.7. The Bertz CT molecular complexity index is 2820. The van der Waals surface area contributed by atoms with Gasteiger partial charge in [-0.3, -0.25) is 23.6 Å². The first-order valence-corrected chi connectivity index (χ1v) is 23.4. The van der Waals surface area contributed by atoms with Crippen molar-refractivity contribution >= 4 is 59.3 Å². The number of aromatic nitrogens is 4. The number of nitrogens with two attached hydrogens (primary N) is 1. The first kappa shape index (κ1) is 47.7. The maximum Gasteiger partial charge on any atom is 0.529 e. The number of amides is 1. The van der Waals surface area contributed by atoms with Crippen LogP contribution in [0.2, 0.25) is 0 Å². The average molecular weight is 928 g/mol. The molecule has 6 N–H and O–H groups in total. The molecule has 1 amide bonds. The molecule has 0 spiro atoms. The van der Waals surface area contributed by atoms with Crippen molar-refractivity contribution in [3.8, 4) is 22.5 Å². The number of imidazole rings is 1. The molecule has 350 valence electrons. The summed E-state index contributed by atoms with van der Waals surface area (Å²) in [6.07, 6.45) is 6.41. The molecule has 20 heteroatoms. The quantitative estimate of drug-likeness (QED) is 0.0256. The summed E-state index contributed by atoms with van der Waals surface area (Å²) in [7, 11) is 2.94. The maximum absolute atomic E-state index is 13.2. The summed E-state index contributed by atoms with van der Waals surface area (Å²) < 4.78 is 38.6. The zero-order valence-electron chi connectivity index (χ0n) is 37.4. The molecule has 4 unspecified atom stereocenters. The van der Waals surface area contributed by atoms with E-state index in [2.05, 4.69) is 20.3 Å². The van der Waals surface area contributed by atoms with Gasteiger partial charge in [0.2, 0.25) is 5.36 Å². The number of fused-ring (bicyclic) bond motifs is 3. The van der Waals surface area contributed by atoms with Gasteiger partial charge in [-0.05, 0) is 48.7 Å². The van der Waals surface area contributed by atoms with Crippen LogP contribution < -0.4 is 25.9 Å². The van der Waals surface area contributed by atoms with E-state index in [1.54, 1.807) is 16.7 Å². The van der Waals surface area contributed by atoms with Crippen LogP contribution >= 0.6 is 7.82 Å². The number of nitrogens with one attached hydrogen (secondary N) is 1. The Labute approximate surface area is 380 Å². The average Bonchev–Trinajstić information content (AvgIpc) is 3.90. The van der Waals surface area contributed by atoms with Gasteiger partial charge in [0.1, 0.15) is 55.7 Å². The molecule has 19 nitrogen and oxygen atoms in total. The highest BCUT2D eigenvalue weighted by molar-refractivity contribution is 7.48. The Kier molecular flexibility index (Phi) is 15.1. The molecule has 7 rings (SSSR count). The van der Waals surface area contributed by atoms with E-state index in [4.69, 9.17) is 23.9 Å². The van der Waals surface area contributed by atoms with E-state index in [0.717, 1.165) is 66.9 Å². The second kappa shape index (κ2) is 20.9. The Morgan fingerprint density at radius 1 is 0.955 bits per heavy atom. The molecule has 2 aliphatic heterocycles. The van der Waals surface area contributed by atoms with E-state index >= 15 is 0 Å². The number of ether oxygens (including phenoxy) is 1. The third-order valence-corrected chi connectivity index (χ3v) is 12.6. The van der Waals surface area contributed by atoms with Crippen molar-refractivity contribution in [2.45, 2.75) is 82.6 Å². The molecule has 1 fully saturated rings. The van der Waals surface area contributed by atoms with Crippen LogP contribution in [0.1, 0.15) is 91.2 Å². The molecule has 0 saturated carbocycles. The molecule has 1 aliphatic carbocycles. The highest BCUT2D eigenvalue weighted by Crippen LogP contribution is 2.49. The van der Waals surface area contributed by atoms with Crippen LogP contribution in [-0.4, -0.2) is 106 Å².